The highest BCUT2D eigenvalue weighted by Gasteiger charge is 2.49. The van der Waals surface area contributed by atoms with Gasteiger partial charge in [0.15, 0.2) is 0 Å². The fourth-order valence-electron chi connectivity index (χ4n) is 5.44. The number of hydrogen-bond acceptors (Lipinski definition) is 4. The molecule has 40 heavy (non-hydrogen) atoms. The molecule has 0 radical (unpaired) electrons. The molecule has 0 unspecified atom stereocenters. The first kappa shape index (κ1) is 27.9. The van der Waals surface area contributed by atoms with Gasteiger partial charge in [-0.3, -0.25) is 9.80 Å². The van der Waals surface area contributed by atoms with Crippen molar-refractivity contribution in [2.75, 3.05) is 31.1 Å². The summed E-state index contributed by atoms with van der Waals surface area (Å²) < 4.78 is 58.0. The predicted molar refractivity (Wildman–Crippen MR) is 145 cm³/mol. The van der Waals surface area contributed by atoms with E-state index in [1.54, 1.807) is 12.1 Å². The van der Waals surface area contributed by atoms with E-state index in [4.69, 9.17) is 11.6 Å². The van der Waals surface area contributed by atoms with Gasteiger partial charge in [0.05, 0.1) is 5.69 Å². The summed E-state index contributed by atoms with van der Waals surface area (Å²) in [5.74, 6) is -0.950. The average Bonchev–Trinajstić information content (AvgIpc) is 3.24. The van der Waals surface area contributed by atoms with Gasteiger partial charge in [-0.25, -0.2) is 9.78 Å². The third-order valence-corrected chi connectivity index (χ3v) is 7.60. The Hall–Kier alpha value is -3.63. The first-order valence-corrected chi connectivity index (χ1v) is 13.2. The molecule has 0 bridgehead atoms. The quantitative estimate of drug-likeness (QED) is 0.268. The van der Waals surface area contributed by atoms with Crippen LogP contribution in [0.25, 0.3) is 6.08 Å². The number of pyridine rings is 1. The maximum absolute atomic E-state index is 13.5. The van der Waals surface area contributed by atoms with Crippen molar-refractivity contribution in [3.05, 3.63) is 94.5 Å². The van der Waals surface area contributed by atoms with Crippen molar-refractivity contribution in [3.63, 3.8) is 0 Å². The Morgan fingerprint density at radius 1 is 1.12 bits per heavy atom. The summed E-state index contributed by atoms with van der Waals surface area (Å²) in [7, 11) is 0. The first-order valence-electron chi connectivity index (χ1n) is 12.8. The van der Waals surface area contributed by atoms with Crippen molar-refractivity contribution in [1.82, 2.24) is 15.2 Å². The summed E-state index contributed by atoms with van der Waals surface area (Å²) in [6.07, 6.45) is 1.57. The van der Waals surface area contributed by atoms with Crippen molar-refractivity contribution in [1.29, 1.82) is 0 Å². The van der Waals surface area contributed by atoms with Crippen LogP contribution in [0.2, 0.25) is 5.02 Å². The molecule has 6 nitrogen and oxygen atoms in total. The summed E-state index contributed by atoms with van der Waals surface area (Å²) >= 11 is 5.94. The number of fused-ring (bicyclic) bond motifs is 2. The third kappa shape index (κ3) is 6.39. The number of amides is 2. The number of piperidine rings is 1. The van der Waals surface area contributed by atoms with Crippen LogP contribution >= 0.6 is 11.6 Å². The van der Waals surface area contributed by atoms with Gasteiger partial charge in [0.1, 0.15) is 5.75 Å². The molecule has 0 saturated carbocycles. The zero-order chi connectivity index (χ0) is 28.3. The molecule has 0 atom stereocenters. The molecule has 2 aromatic carbocycles. The Kier molecular flexibility index (Phi) is 8.00. The molecule has 1 saturated heterocycles. The Morgan fingerprint density at radius 2 is 1.88 bits per heavy atom. The lowest BCUT2D eigenvalue weighted by atomic mass is 9.74. The summed E-state index contributed by atoms with van der Waals surface area (Å²) in [5.41, 5.74) is 1.62. The smallest absolute Gasteiger partial charge is 0.405 e. The number of ether oxygens (including phenoxy) is 1. The Morgan fingerprint density at radius 3 is 2.58 bits per heavy atom. The normalized spacial score (nSPS) is 16.9. The van der Waals surface area contributed by atoms with Crippen LogP contribution in [0.5, 0.6) is 5.75 Å². The van der Waals surface area contributed by atoms with Crippen LogP contribution in [0.4, 0.5) is 28.0 Å². The van der Waals surface area contributed by atoms with Gasteiger partial charge in [-0.05, 0) is 73.5 Å². The number of alkyl halides is 3. The summed E-state index contributed by atoms with van der Waals surface area (Å²) in [6, 6.07) is 14.2. The molecule has 1 aromatic heterocycles. The van der Waals surface area contributed by atoms with Crippen LogP contribution in [0.3, 0.4) is 0 Å². The molecule has 0 aliphatic carbocycles. The molecular formula is C29H27ClF4N4O2. The van der Waals surface area contributed by atoms with Crippen molar-refractivity contribution in [2.24, 2.45) is 0 Å². The van der Waals surface area contributed by atoms with Crippen molar-refractivity contribution >= 4 is 29.4 Å². The Balaban J connectivity index is 1.33. The number of urea groups is 1. The highest BCUT2D eigenvalue weighted by atomic mass is 35.5. The van der Waals surface area contributed by atoms with E-state index in [9.17, 15) is 22.4 Å². The Labute approximate surface area is 234 Å². The lowest BCUT2D eigenvalue weighted by Crippen LogP contribution is -2.47. The van der Waals surface area contributed by atoms with Crippen molar-refractivity contribution in [3.8, 4) is 5.75 Å². The monoisotopic (exact) mass is 574 g/mol. The predicted octanol–water partition coefficient (Wildman–Crippen LogP) is 6.55. The van der Waals surface area contributed by atoms with Crippen molar-refractivity contribution in [2.45, 2.75) is 31.2 Å². The van der Waals surface area contributed by atoms with Gasteiger partial charge in [-0.2, -0.15) is 4.39 Å². The summed E-state index contributed by atoms with van der Waals surface area (Å²) in [6.45, 7) is 2.21. The minimum atomic E-state index is -4.87. The minimum Gasteiger partial charge on any atom is -0.405 e. The van der Waals surface area contributed by atoms with Crippen molar-refractivity contribution < 1.29 is 27.1 Å². The topological polar surface area (TPSA) is 57.7 Å². The van der Waals surface area contributed by atoms with E-state index in [2.05, 4.69) is 19.9 Å². The second kappa shape index (κ2) is 11.5. The summed E-state index contributed by atoms with van der Waals surface area (Å²) in [4.78, 5) is 20.5. The number of anilines is 1. The maximum atomic E-state index is 13.5. The molecule has 11 heteroatoms. The largest absolute Gasteiger partial charge is 0.573 e. The molecule has 2 amide bonds. The average molecular weight is 575 g/mol. The van der Waals surface area contributed by atoms with Crippen LogP contribution in [0.1, 0.15) is 29.5 Å². The summed E-state index contributed by atoms with van der Waals surface area (Å²) in [5, 5.41) is 3.42. The van der Waals surface area contributed by atoms with E-state index in [-0.39, 0.29) is 18.8 Å². The third-order valence-electron chi connectivity index (χ3n) is 7.35. The molecule has 210 valence electrons. The zero-order valence-electron chi connectivity index (χ0n) is 21.4. The highest BCUT2D eigenvalue weighted by Crippen LogP contribution is 2.52. The number of nitrogens with one attached hydrogen (secondary N) is 1. The second-order valence-electron chi connectivity index (χ2n) is 9.96. The lowest BCUT2D eigenvalue weighted by molar-refractivity contribution is -0.275. The number of carbonyl (C=O) groups excluding carboxylic acids is 1. The number of rotatable bonds is 6. The van der Waals surface area contributed by atoms with Crippen LogP contribution in [0.15, 0.2) is 66.9 Å². The van der Waals surface area contributed by atoms with E-state index in [1.807, 2.05) is 36.4 Å². The number of benzene rings is 2. The van der Waals surface area contributed by atoms with Gasteiger partial charge >= 0.3 is 12.4 Å². The van der Waals surface area contributed by atoms with E-state index >= 15 is 0 Å². The van der Waals surface area contributed by atoms with Gasteiger partial charge in [0, 0.05) is 41.8 Å². The zero-order valence-corrected chi connectivity index (χ0v) is 22.2. The number of likely N-dealkylation sites (tertiary alicyclic amines) is 1. The van der Waals surface area contributed by atoms with E-state index < -0.39 is 23.8 Å². The molecule has 1 spiro atoms. The van der Waals surface area contributed by atoms with Crippen LogP contribution in [0, 0.1) is 5.95 Å². The van der Waals surface area contributed by atoms with E-state index in [0.29, 0.717) is 54.3 Å². The first-order chi connectivity index (χ1) is 19.1. The molecule has 5 rings (SSSR count). The molecule has 1 fully saturated rings. The van der Waals surface area contributed by atoms with Gasteiger partial charge in [-0.1, -0.05) is 42.0 Å². The number of halogens is 5. The minimum absolute atomic E-state index is 0.0452. The van der Waals surface area contributed by atoms with Gasteiger partial charge in [0.2, 0.25) is 5.95 Å². The van der Waals surface area contributed by atoms with Crippen LogP contribution in [-0.2, 0) is 12.0 Å². The SMILES string of the molecule is O=C(NCc1ccnc(F)c1)N1CC2(CCN(CC=Cc3ccc(Cl)cc3)CC2)c2c(OC(F)(F)F)cccc21. The standard InChI is InChI=1S/C29H27ClF4N4O2/c30-22-8-6-20(7-9-22)3-2-14-37-15-11-28(12-16-37)19-38(27(39)36-18-21-10-13-35-25(31)17-21)23-4-1-5-24(26(23)28)40-29(32,33)34/h1-10,13,17H,11-12,14-16,18-19H2,(H,36,39). The maximum Gasteiger partial charge on any atom is 0.573 e. The fraction of sp³-hybridized carbons (Fsp3) is 0.310. The molecule has 2 aliphatic heterocycles. The molecular weight excluding hydrogens is 548 g/mol. The van der Waals surface area contributed by atoms with Gasteiger partial charge in [-0.15, -0.1) is 13.2 Å². The van der Waals surface area contributed by atoms with Crippen LogP contribution in [-0.4, -0.2) is 48.5 Å². The molecule has 3 aromatic rings. The molecule has 1 N–H and O–H groups in total. The highest BCUT2D eigenvalue weighted by molar-refractivity contribution is 6.30. The second-order valence-corrected chi connectivity index (χ2v) is 10.4. The van der Waals surface area contributed by atoms with Crippen LogP contribution < -0.4 is 15.0 Å². The number of hydrogen-bond donors (Lipinski definition) is 1. The number of nitrogens with zero attached hydrogens (tertiary/aromatic N) is 3. The number of carbonyl (C=O) groups is 1. The van der Waals surface area contributed by atoms with E-state index in [0.717, 1.165) is 5.56 Å². The lowest BCUT2D eigenvalue weighted by Gasteiger charge is -2.40. The number of aromatic nitrogens is 1. The fourth-order valence-corrected chi connectivity index (χ4v) is 5.57. The molecule has 3 heterocycles. The van der Waals surface area contributed by atoms with Gasteiger partial charge < -0.3 is 10.1 Å². The van der Waals surface area contributed by atoms with Gasteiger partial charge in [0.25, 0.3) is 0 Å². The molecule has 2 aliphatic rings. The van der Waals surface area contributed by atoms with E-state index in [1.165, 1.54) is 29.3 Å². The Bertz CT molecular complexity index is 1390.